The summed E-state index contributed by atoms with van der Waals surface area (Å²) in [6, 6.07) is 5.43. The minimum absolute atomic E-state index is 0.141. The summed E-state index contributed by atoms with van der Waals surface area (Å²) in [6.07, 6.45) is 1.64. The van der Waals surface area contributed by atoms with Crippen molar-refractivity contribution < 1.29 is 4.79 Å². The fraction of sp³-hybridized carbons (Fsp3) is 0.231. The number of hydrogen-bond acceptors (Lipinski definition) is 5. The molecule has 0 spiro atoms. The number of H-pyrrole nitrogens is 2. The van der Waals surface area contributed by atoms with Crippen molar-refractivity contribution in [1.29, 1.82) is 0 Å². The Labute approximate surface area is 120 Å². The highest BCUT2D eigenvalue weighted by atomic mass is 16.2. The van der Waals surface area contributed by atoms with Gasteiger partial charge in [0.2, 0.25) is 5.91 Å². The Morgan fingerprint density at radius 1 is 1.33 bits per heavy atom. The first kappa shape index (κ1) is 13.3. The van der Waals surface area contributed by atoms with Crippen molar-refractivity contribution >= 4 is 22.6 Å². The van der Waals surface area contributed by atoms with E-state index in [4.69, 9.17) is 0 Å². The zero-order valence-corrected chi connectivity index (χ0v) is 11.6. The number of nitrogens with one attached hydrogen (secondary N) is 4. The smallest absolute Gasteiger partial charge is 0.242 e. The molecule has 3 aromatic rings. The van der Waals surface area contributed by atoms with Gasteiger partial charge < -0.3 is 10.6 Å². The first-order valence-corrected chi connectivity index (χ1v) is 6.51. The first-order valence-electron chi connectivity index (χ1n) is 6.51. The number of fused-ring (bicyclic) bond motifs is 1. The molecule has 4 N–H and O–H groups in total. The number of nitrogens with zero attached hydrogens (tertiary/aromatic N) is 3. The molecule has 0 fully saturated rings. The van der Waals surface area contributed by atoms with E-state index in [-0.39, 0.29) is 11.9 Å². The Morgan fingerprint density at radius 2 is 2.19 bits per heavy atom. The molecule has 8 heteroatoms. The Hall–Kier alpha value is -2.74. The molecular formula is C13H15N7O. The minimum Gasteiger partial charge on any atom is -0.309 e. The number of anilines is 1. The number of aromatic nitrogens is 5. The average molecular weight is 285 g/mol. The maximum atomic E-state index is 11.9. The third kappa shape index (κ3) is 2.48. The van der Waals surface area contributed by atoms with E-state index in [9.17, 15) is 4.79 Å². The molecule has 0 saturated heterocycles. The fourth-order valence-electron chi connectivity index (χ4n) is 1.97. The van der Waals surface area contributed by atoms with E-state index < -0.39 is 0 Å². The van der Waals surface area contributed by atoms with Crippen molar-refractivity contribution in [3.63, 3.8) is 0 Å². The summed E-state index contributed by atoms with van der Waals surface area (Å²) in [6.45, 7) is 1.78. The second kappa shape index (κ2) is 5.33. The molecule has 2 aromatic heterocycles. The van der Waals surface area contributed by atoms with E-state index >= 15 is 0 Å². The van der Waals surface area contributed by atoms with Crippen LogP contribution in [0.3, 0.4) is 0 Å². The van der Waals surface area contributed by atoms with Crippen LogP contribution in [0.25, 0.3) is 22.2 Å². The number of carbonyl (C=O) groups is 1. The quantitative estimate of drug-likeness (QED) is 0.569. The maximum Gasteiger partial charge on any atom is 0.242 e. The molecule has 21 heavy (non-hydrogen) atoms. The molecule has 8 nitrogen and oxygen atoms in total. The van der Waals surface area contributed by atoms with Gasteiger partial charge in [-0.15, -0.1) is 0 Å². The van der Waals surface area contributed by atoms with Crippen LogP contribution in [0.5, 0.6) is 0 Å². The van der Waals surface area contributed by atoms with Crippen LogP contribution in [-0.4, -0.2) is 44.6 Å². The number of rotatable bonds is 4. The van der Waals surface area contributed by atoms with Crippen LogP contribution in [0.2, 0.25) is 0 Å². The second-order valence-electron chi connectivity index (χ2n) is 4.69. The van der Waals surface area contributed by atoms with E-state index in [1.54, 1.807) is 20.2 Å². The zero-order valence-electron chi connectivity index (χ0n) is 11.6. The average Bonchev–Trinajstić information content (AvgIpc) is 3.16. The number of amides is 1. The van der Waals surface area contributed by atoms with Gasteiger partial charge in [-0.3, -0.25) is 9.89 Å². The van der Waals surface area contributed by atoms with Crippen LogP contribution >= 0.6 is 0 Å². The molecule has 0 aliphatic carbocycles. The van der Waals surface area contributed by atoms with Crippen molar-refractivity contribution in [3.05, 3.63) is 24.4 Å². The van der Waals surface area contributed by atoms with E-state index in [1.807, 2.05) is 18.2 Å². The molecule has 0 bridgehead atoms. The van der Waals surface area contributed by atoms with E-state index in [0.717, 1.165) is 22.2 Å². The molecule has 1 unspecified atom stereocenters. The van der Waals surface area contributed by atoms with Crippen LogP contribution in [0.1, 0.15) is 6.92 Å². The van der Waals surface area contributed by atoms with Gasteiger partial charge in [0, 0.05) is 10.9 Å². The molecule has 1 atom stereocenters. The number of carbonyl (C=O) groups excluding carboxylic acids is 1. The lowest BCUT2D eigenvalue weighted by Crippen LogP contribution is -2.35. The molecule has 0 aliphatic rings. The lowest BCUT2D eigenvalue weighted by atomic mass is 10.1. The summed E-state index contributed by atoms with van der Waals surface area (Å²) in [5.41, 5.74) is 2.48. The number of likely N-dealkylation sites (N-methyl/N-ethyl adjacent to an activating group) is 1. The monoisotopic (exact) mass is 285 g/mol. The molecule has 3 rings (SSSR count). The second-order valence-corrected chi connectivity index (χ2v) is 4.69. The van der Waals surface area contributed by atoms with Crippen molar-refractivity contribution in [1.82, 2.24) is 30.9 Å². The van der Waals surface area contributed by atoms with Crippen molar-refractivity contribution in [2.75, 3.05) is 12.4 Å². The third-order valence-electron chi connectivity index (χ3n) is 3.34. The summed E-state index contributed by atoms with van der Waals surface area (Å²) < 4.78 is 0. The van der Waals surface area contributed by atoms with Gasteiger partial charge >= 0.3 is 0 Å². The maximum absolute atomic E-state index is 11.9. The van der Waals surface area contributed by atoms with Gasteiger partial charge in [-0.05, 0) is 26.1 Å². The lowest BCUT2D eigenvalue weighted by molar-refractivity contribution is -0.117. The SMILES string of the molecule is CNC(C)C(=O)Nc1n[nH]c2ccc(-c3cn[nH]n3)cc12. The molecule has 108 valence electrons. The minimum atomic E-state index is -0.296. The molecule has 1 amide bonds. The molecule has 0 saturated carbocycles. The van der Waals surface area contributed by atoms with Gasteiger partial charge in [0.05, 0.1) is 17.8 Å². The number of aromatic amines is 2. The summed E-state index contributed by atoms with van der Waals surface area (Å²) in [5.74, 6) is 0.361. The van der Waals surface area contributed by atoms with Gasteiger partial charge in [0.25, 0.3) is 0 Å². The van der Waals surface area contributed by atoms with Crippen LogP contribution in [0.4, 0.5) is 5.82 Å². The predicted molar refractivity (Wildman–Crippen MR) is 78.6 cm³/mol. The van der Waals surface area contributed by atoms with Crippen LogP contribution in [-0.2, 0) is 4.79 Å². The molecule has 2 heterocycles. The topological polar surface area (TPSA) is 111 Å². The summed E-state index contributed by atoms with van der Waals surface area (Å²) in [7, 11) is 1.73. The van der Waals surface area contributed by atoms with Crippen molar-refractivity contribution in [3.8, 4) is 11.3 Å². The Morgan fingerprint density at radius 3 is 2.90 bits per heavy atom. The Balaban J connectivity index is 1.96. The Kier molecular flexibility index (Phi) is 3.36. The summed E-state index contributed by atoms with van der Waals surface area (Å²) >= 11 is 0. The largest absolute Gasteiger partial charge is 0.309 e. The van der Waals surface area contributed by atoms with Crippen molar-refractivity contribution in [2.24, 2.45) is 0 Å². The van der Waals surface area contributed by atoms with Gasteiger partial charge in [0.1, 0.15) is 5.69 Å². The van der Waals surface area contributed by atoms with Gasteiger partial charge in [-0.2, -0.15) is 20.5 Å². The van der Waals surface area contributed by atoms with Gasteiger partial charge in [0.15, 0.2) is 5.82 Å². The van der Waals surface area contributed by atoms with Gasteiger partial charge in [-0.25, -0.2) is 0 Å². The predicted octanol–water partition coefficient (Wildman–Crippen LogP) is 0.894. The third-order valence-corrected chi connectivity index (χ3v) is 3.34. The fourth-order valence-corrected chi connectivity index (χ4v) is 1.97. The highest BCUT2D eigenvalue weighted by Gasteiger charge is 2.14. The van der Waals surface area contributed by atoms with Crippen molar-refractivity contribution in [2.45, 2.75) is 13.0 Å². The lowest BCUT2D eigenvalue weighted by Gasteiger charge is -2.09. The first-order chi connectivity index (χ1) is 10.2. The van der Waals surface area contributed by atoms with E-state index in [0.29, 0.717) is 5.82 Å². The highest BCUT2D eigenvalue weighted by Crippen LogP contribution is 2.26. The van der Waals surface area contributed by atoms with Crippen LogP contribution in [0.15, 0.2) is 24.4 Å². The Bertz CT molecular complexity index is 762. The zero-order chi connectivity index (χ0) is 14.8. The van der Waals surface area contributed by atoms with E-state index in [1.165, 1.54) is 0 Å². The number of benzene rings is 1. The normalized spacial score (nSPS) is 12.5. The molecule has 1 aromatic carbocycles. The van der Waals surface area contributed by atoms with Crippen LogP contribution in [0, 0.1) is 0 Å². The summed E-state index contributed by atoms with van der Waals surface area (Å²) in [5, 5.41) is 24.0. The molecular weight excluding hydrogens is 270 g/mol. The standard InChI is InChI=1S/C13H15N7O/c1-7(14-2)13(21)16-12-9-5-8(11-6-15-20-18-11)3-4-10(9)17-19-12/h3-7,14H,1-2H3,(H,15,18,20)(H2,16,17,19,21). The molecule has 0 radical (unpaired) electrons. The van der Waals surface area contributed by atoms with E-state index in [2.05, 4.69) is 36.2 Å². The summed E-state index contributed by atoms with van der Waals surface area (Å²) in [4.78, 5) is 11.9. The highest BCUT2D eigenvalue weighted by molar-refractivity contribution is 6.02. The molecule has 0 aliphatic heterocycles. The van der Waals surface area contributed by atoms with Crippen LogP contribution < -0.4 is 10.6 Å². The van der Waals surface area contributed by atoms with Gasteiger partial charge in [-0.1, -0.05) is 6.07 Å². The number of hydrogen-bond donors (Lipinski definition) is 4.